The molecule has 0 saturated carbocycles. The van der Waals surface area contributed by atoms with E-state index in [9.17, 15) is 20.1 Å². The molecule has 0 aliphatic heterocycles. The molecular weight excluding hydrogens is 352 g/mol. The molecule has 1 aromatic rings. The molecule has 0 amide bonds. The fraction of sp³-hybridized carbons (Fsp3) is 0.708. The van der Waals surface area contributed by atoms with E-state index in [1.165, 1.54) is 83.1 Å². The first-order valence-electron chi connectivity index (χ1n) is 11.3. The monoisotopic (exact) mass is 392 g/mol. The molecule has 1 aromatic carbocycles. The van der Waals surface area contributed by atoms with Crippen LogP contribution in [0.4, 0.5) is 0 Å². The highest BCUT2D eigenvalue weighted by Crippen LogP contribution is 2.28. The van der Waals surface area contributed by atoms with Crippen molar-refractivity contribution in [2.45, 2.75) is 110 Å². The van der Waals surface area contributed by atoms with Gasteiger partial charge in [0.1, 0.15) is 17.1 Å². The highest BCUT2D eigenvalue weighted by atomic mass is 16.4. The number of aromatic carboxylic acids is 1. The summed E-state index contributed by atoms with van der Waals surface area (Å²) >= 11 is 0. The maximum absolute atomic E-state index is 11.3. The quantitative estimate of drug-likeness (QED) is 0.245. The van der Waals surface area contributed by atoms with Crippen LogP contribution < -0.4 is 0 Å². The molecule has 0 bridgehead atoms. The Morgan fingerprint density at radius 2 is 1.14 bits per heavy atom. The van der Waals surface area contributed by atoms with Gasteiger partial charge in [-0.25, -0.2) is 4.79 Å². The second kappa shape index (κ2) is 15.2. The molecule has 28 heavy (non-hydrogen) atoms. The van der Waals surface area contributed by atoms with Crippen LogP contribution in [0.3, 0.4) is 0 Å². The highest BCUT2D eigenvalue weighted by molar-refractivity contribution is 5.92. The normalized spacial score (nSPS) is 11.0. The van der Waals surface area contributed by atoms with Crippen molar-refractivity contribution in [1.82, 2.24) is 0 Å². The summed E-state index contributed by atoms with van der Waals surface area (Å²) in [6.07, 6.45) is 19.9. The third kappa shape index (κ3) is 10.6. The van der Waals surface area contributed by atoms with Crippen molar-refractivity contribution in [3.8, 4) is 11.5 Å². The predicted octanol–water partition coefficient (Wildman–Crippen LogP) is 7.21. The number of unbranched alkanes of at least 4 members (excludes halogenated alkanes) is 14. The second-order valence-corrected chi connectivity index (χ2v) is 8.00. The van der Waals surface area contributed by atoms with E-state index in [-0.39, 0.29) is 17.1 Å². The Labute approximate surface area is 171 Å². The van der Waals surface area contributed by atoms with Crippen molar-refractivity contribution < 1.29 is 20.1 Å². The first kappa shape index (κ1) is 24.3. The second-order valence-electron chi connectivity index (χ2n) is 8.00. The van der Waals surface area contributed by atoms with Crippen molar-refractivity contribution in [3.05, 3.63) is 23.3 Å². The van der Waals surface area contributed by atoms with E-state index < -0.39 is 5.97 Å². The molecule has 0 unspecified atom stereocenters. The molecule has 0 fully saturated rings. The number of carboxylic acid groups (broad SMARTS) is 1. The van der Waals surface area contributed by atoms with Crippen LogP contribution >= 0.6 is 0 Å². The summed E-state index contributed by atoms with van der Waals surface area (Å²) in [6, 6.07) is 2.53. The number of rotatable bonds is 17. The van der Waals surface area contributed by atoms with Crippen LogP contribution in [0.1, 0.15) is 119 Å². The lowest BCUT2D eigenvalue weighted by Gasteiger charge is -2.09. The van der Waals surface area contributed by atoms with Crippen LogP contribution in [-0.2, 0) is 6.42 Å². The van der Waals surface area contributed by atoms with Crippen LogP contribution in [0, 0.1) is 0 Å². The minimum atomic E-state index is -1.14. The van der Waals surface area contributed by atoms with Gasteiger partial charge in [0.05, 0.1) is 0 Å². The lowest BCUT2D eigenvalue weighted by atomic mass is 9.99. The van der Waals surface area contributed by atoms with E-state index in [1.54, 1.807) is 0 Å². The SMILES string of the molecule is CCCCCCCCCCCCCCCCCc1cc(O)cc(O)c1C(=O)O. The van der Waals surface area contributed by atoms with Gasteiger partial charge < -0.3 is 15.3 Å². The van der Waals surface area contributed by atoms with Crippen LogP contribution in [0.25, 0.3) is 0 Å². The molecule has 0 spiro atoms. The van der Waals surface area contributed by atoms with E-state index in [0.29, 0.717) is 12.0 Å². The topological polar surface area (TPSA) is 77.8 Å². The molecule has 0 saturated heterocycles. The molecule has 0 heterocycles. The number of hydrogen-bond acceptors (Lipinski definition) is 3. The first-order valence-corrected chi connectivity index (χ1v) is 11.3. The van der Waals surface area contributed by atoms with E-state index in [2.05, 4.69) is 6.92 Å². The summed E-state index contributed by atoms with van der Waals surface area (Å²) in [5.74, 6) is -1.59. The number of aromatic hydroxyl groups is 2. The number of phenolic OH excluding ortho intramolecular Hbond substituents is 1. The zero-order valence-electron chi connectivity index (χ0n) is 17.7. The van der Waals surface area contributed by atoms with Gasteiger partial charge >= 0.3 is 5.97 Å². The van der Waals surface area contributed by atoms with Gasteiger partial charge in [-0.1, -0.05) is 96.8 Å². The molecule has 0 aliphatic rings. The summed E-state index contributed by atoms with van der Waals surface area (Å²) in [6.45, 7) is 2.26. The van der Waals surface area contributed by atoms with E-state index in [4.69, 9.17) is 0 Å². The molecule has 0 atom stereocenters. The maximum Gasteiger partial charge on any atom is 0.339 e. The Kier molecular flexibility index (Phi) is 13.2. The van der Waals surface area contributed by atoms with Crippen LogP contribution in [0.2, 0.25) is 0 Å². The van der Waals surface area contributed by atoms with E-state index in [1.807, 2.05) is 0 Å². The Morgan fingerprint density at radius 3 is 1.57 bits per heavy atom. The van der Waals surface area contributed by atoms with Gasteiger partial charge in [0.15, 0.2) is 0 Å². The van der Waals surface area contributed by atoms with Crippen molar-refractivity contribution >= 4 is 5.97 Å². The third-order valence-corrected chi connectivity index (χ3v) is 5.45. The summed E-state index contributed by atoms with van der Waals surface area (Å²) < 4.78 is 0. The standard InChI is InChI=1S/C24H40O4/c1-2-3-4-5-6-7-8-9-10-11-12-13-14-15-16-17-20-18-21(25)19-22(26)23(20)24(27)28/h18-19,25-26H,2-17H2,1H3,(H,27,28). The van der Waals surface area contributed by atoms with Crippen molar-refractivity contribution in [1.29, 1.82) is 0 Å². The average Bonchev–Trinajstić information content (AvgIpc) is 2.64. The Morgan fingerprint density at radius 1 is 0.714 bits per heavy atom. The average molecular weight is 393 g/mol. The zero-order valence-corrected chi connectivity index (χ0v) is 17.7. The number of phenols is 2. The maximum atomic E-state index is 11.3. The van der Waals surface area contributed by atoms with E-state index in [0.717, 1.165) is 25.3 Å². The lowest BCUT2D eigenvalue weighted by Crippen LogP contribution is -2.03. The van der Waals surface area contributed by atoms with Gasteiger partial charge in [-0.05, 0) is 24.5 Å². The number of benzene rings is 1. The van der Waals surface area contributed by atoms with Gasteiger partial charge in [0, 0.05) is 6.07 Å². The largest absolute Gasteiger partial charge is 0.508 e. The highest BCUT2D eigenvalue weighted by Gasteiger charge is 2.16. The number of aryl methyl sites for hydroxylation is 1. The van der Waals surface area contributed by atoms with E-state index >= 15 is 0 Å². The molecule has 0 aliphatic carbocycles. The zero-order chi connectivity index (χ0) is 20.6. The Bertz CT molecular complexity index is 554. The summed E-state index contributed by atoms with van der Waals surface area (Å²) in [7, 11) is 0. The Balaban J connectivity index is 2.01. The smallest absolute Gasteiger partial charge is 0.339 e. The summed E-state index contributed by atoms with van der Waals surface area (Å²) in [4.78, 5) is 11.3. The lowest BCUT2D eigenvalue weighted by molar-refractivity contribution is 0.0692. The van der Waals surface area contributed by atoms with Crippen LogP contribution in [0.15, 0.2) is 12.1 Å². The number of carbonyl (C=O) groups is 1. The molecular formula is C24H40O4. The Hall–Kier alpha value is -1.71. The minimum Gasteiger partial charge on any atom is -0.508 e. The van der Waals surface area contributed by atoms with Gasteiger partial charge in [0.2, 0.25) is 0 Å². The van der Waals surface area contributed by atoms with Crippen molar-refractivity contribution in [3.63, 3.8) is 0 Å². The number of hydrogen-bond donors (Lipinski definition) is 3. The van der Waals surface area contributed by atoms with Gasteiger partial charge in [0.25, 0.3) is 0 Å². The molecule has 1 rings (SSSR count). The fourth-order valence-corrected chi connectivity index (χ4v) is 3.80. The van der Waals surface area contributed by atoms with Crippen LogP contribution in [-0.4, -0.2) is 21.3 Å². The van der Waals surface area contributed by atoms with Crippen molar-refractivity contribution in [2.24, 2.45) is 0 Å². The first-order chi connectivity index (χ1) is 13.6. The fourth-order valence-electron chi connectivity index (χ4n) is 3.80. The number of carboxylic acids is 1. The predicted molar refractivity (Wildman–Crippen MR) is 115 cm³/mol. The molecule has 0 radical (unpaired) electrons. The van der Waals surface area contributed by atoms with Gasteiger partial charge in [-0.3, -0.25) is 0 Å². The van der Waals surface area contributed by atoms with Gasteiger partial charge in [-0.2, -0.15) is 0 Å². The summed E-state index contributed by atoms with van der Waals surface area (Å²) in [5, 5.41) is 28.5. The van der Waals surface area contributed by atoms with Crippen molar-refractivity contribution in [2.75, 3.05) is 0 Å². The molecule has 160 valence electrons. The molecule has 3 N–H and O–H groups in total. The minimum absolute atomic E-state index is 0.0804. The third-order valence-electron chi connectivity index (χ3n) is 5.45. The van der Waals surface area contributed by atoms with Gasteiger partial charge in [-0.15, -0.1) is 0 Å². The molecule has 4 heteroatoms. The van der Waals surface area contributed by atoms with Crippen LogP contribution in [0.5, 0.6) is 11.5 Å². The summed E-state index contributed by atoms with van der Waals surface area (Å²) in [5.41, 5.74) is 0.433. The molecule has 0 aromatic heterocycles. The molecule has 4 nitrogen and oxygen atoms in total.